The zero-order chi connectivity index (χ0) is 58.3. The molecule has 5 atom stereocenters. The molecule has 468 valence electrons. The Morgan fingerprint density at radius 3 is 0.747 bits per heavy atom. The van der Waals surface area contributed by atoms with Crippen molar-refractivity contribution in [2.24, 2.45) is 0 Å². The van der Waals surface area contributed by atoms with Crippen LogP contribution in [0.2, 0.25) is 0 Å². The largest absolute Gasteiger partial charge is 0.472 e. The highest BCUT2D eigenvalue weighted by atomic mass is 31.2. The smallest absolute Gasteiger partial charge is 0.462 e. The maximum absolute atomic E-state index is 12.9. The molecule has 0 aliphatic rings. The van der Waals surface area contributed by atoms with Gasteiger partial charge in [-0.1, -0.05) is 252 Å². The van der Waals surface area contributed by atoms with E-state index in [-0.39, 0.29) is 25.7 Å². The summed E-state index contributed by atoms with van der Waals surface area (Å²) in [4.78, 5) is 71.7. The third-order valence-corrected chi connectivity index (χ3v) is 15.8. The summed E-state index contributed by atoms with van der Waals surface area (Å²) < 4.78 is 67.6. The Hall–Kier alpha value is -1.94. The fourth-order valence-electron chi connectivity index (χ4n) is 8.93. The molecule has 0 rings (SSSR count). The number of phosphoric ester groups is 2. The minimum Gasteiger partial charge on any atom is -0.462 e. The summed E-state index contributed by atoms with van der Waals surface area (Å²) in [6.07, 6.45) is 39.2. The second-order valence-corrected chi connectivity index (χ2v) is 24.6. The number of rotatable bonds is 61. The molecule has 19 heteroatoms. The van der Waals surface area contributed by atoms with Crippen LogP contribution in [-0.4, -0.2) is 96.7 Å². The lowest BCUT2D eigenvalue weighted by Gasteiger charge is -2.21. The van der Waals surface area contributed by atoms with Crippen LogP contribution in [0.4, 0.5) is 0 Å². The SMILES string of the molecule is CCCCCCCCCCCCCCCCCCC(=O)O[C@H](COC(=O)CCCCCCCCCCC)COP(=O)(O)OC[C@@H](O)COP(=O)(O)OC[C@@H](COC(=O)CCCCCCCCC)OC(=O)CCCCCCCCC. The normalized spacial score (nSPS) is 14.3. The first-order valence-corrected chi connectivity index (χ1v) is 34.8. The molecule has 0 bridgehead atoms. The van der Waals surface area contributed by atoms with Gasteiger partial charge in [-0.15, -0.1) is 0 Å². The molecule has 0 aromatic rings. The van der Waals surface area contributed by atoms with Crippen LogP contribution in [-0.2, 0) is 65.4 Å². The van der Waals surface area contributed by atoms with Crippen LogP contribution in [0.25, 0.3) is 0 Å². The first-order valence-electron chi connectivity index (χ1n) is 31.8. The van der Waals surface area contributed by atoms with Crippen molar-refractivity contribution in [1.82, 2.24) is 0 Å². The summed E-state index contributed by atoms with van der Waals surface area (Å²) in [5.74, 6) is -2.15. The molecular formula is C60H116O17P2. The van der Waals surface area contributed by atoms with Crippen molar-refractivity contribution in [1.29, 1.82) is 0 Å². The summed E-state index contributed by atoms with van der Waals surface area (Å²) in [5, 5.41) is 10.5. The van der Waals surface area contributed by atoms with Gasteiger partial charge in [-0.3, -0.25) is 37.3 Å². The zero-order valence-electron chi connectivity index (χ0n) is 50.3. The number of carbonyl (C=O) groups excluding carboxylic acids is 4. The van der Waals surface area contributed by atoms with Crippen molar-refractivity contribution >= 4 is 39.5 Å². The Morgan fingerprint density at radius 2 is 0.506 bits per heavy atom. The highest BCUT2D eigenvalue weighted by Crippen LogP contribution is 2.45. The molecule has 0 radical (unpaired) electrons. The van der Waals surface area contributed by atoms with Crippen molar-refractivity contribution < 1.29 is 80.2 Å². The lowest BCUT2D eigenvalue weighted by Crippen LogP contribution is -2.30. The van der Waals surface area contributed by atoms with E-state index in [1.54, 1.807) is 0 Å². The van der Waals surface area contributed by atoms with Crippen molar-refractivity contribution in [3.8, 4) is 0 Å². The minimum atomic E-state index is -4.94. The predicted octanol–water partition coefficient (Wildman–Crippen LogP) is 16.4. The van der Waals surface area contributed by atoms with E-state index < -0.39 is 97.5 Å². The molecule has 0 aromatic heterocycles. The van der Waals surface area contributed by atoms with E-state index in [1.807, 2.05) is 0 Å². The van der Waals surface area contributed by atoms with E-state index in [2.05, 4.69) is 27.7 Å². The van der Waals surface area contributed by atoms with Gasteiger partial charge in [0.25, 0.3) is 0 Å². The van der Waals surface area contributed by atoms with Crippen LogP contribution in [0.5, 0.6) is 0 Å². The van der Waals surface area contributed by atoms with E-state index in [0.29, 0.717) is 25.7 Å². The summed E-state index contributed by atoms with van der Waals surface area (Å²) in [5.41, 5.74) is 0. The van der Waals surface area contributed by atoms with Gasteiger partial charge in [0.05, 0.1) is 26.4 Å². The molecule has 3 N–H and O–H groups in total. The maximum Gasteiger partial charge on any atom is 0.472 e. The third-order valence-electron chi connectivity index (χ3n) is 13.9. The van der Waals surface area contributed by atoms with E-state index in [1.165, 1.54) is 109 Å². The van der Waals surface area contributed by atoms with Crippen molar-refractivity contribution in [2.75, 3.05) is 39.6 Å². The van der Waals surface area contributed by atoms with Crippen LogP contribution < -0.4 is 0 Å². The van der Waals surface area contributed by atoms with Gasteiger partial charge in [0, 0.05) is 25.7 Å². The van der Waals surface area contributed by atoms with Gasteiger partial charge < -0.3 is 33.8 Å². The molecule has 0 amide bonds. The maximum atomic E-state index is 12.9. The summed E-state index contributed by atoms with van der Waals surface area (Å²) >= 11 is 0. The fourth-order valence-corrected chi connectivity index (χ4v) is 10.5. The van der Waals surface area contributed by atoms with Gasteiger partial charge in [0.2, 0.25) is 0 Å². The van der Waals surface area contributed by atoms with Gasteiger partial charge in [-0.25, -0.2) is 9.13 Å². The van der Waals surface area contributed by atoms with E-state index in [4.69, 9.17) is 37.0 Å². The number of unbranched alkanes of at least 4 members (excludes halogenated alkanes) is 35. The summed E-state index contributed by atoms with van der Waals surface area (Å²) in [6, 6.07) is 0. The predicted molar refractivity (Wildman–Crippen MR) is 312 cm³/mol. The molecule has 0 heterocycles. The Bertz CT molecular complexity index is 1540. The number of carbonyl (C=O) groups is 4. The molecular weight excluding hydrogens is 1050 g/mol. The topological polar surface area (TPSA) is 237 Å². The van der Waals surface area contributed by atoms with Crippen molar-refractivity contribution in [2.45, 2.75) is 322 Å². The van der Waals surface area contributed by atoms with Gasteiger partial charge >= 0.3 is 39.5 Å². The number of aliphatic hydroxyl groups is 1. The van der Waals surface area contributed by atoms with Gasteiger partial charge in [-0.05, 0) is 25.7 Å². The van der Waals surface area contributed by atoms with E-state index in [0.717, 1.165) is 116 Å². The quantitative estimate of drug-likeness (QED) is 0.0222. The zero-order valence-corrected chi connectivity index (χ0v) is 52.1. The van der Waals surface area contributed by atoms with Gasteiger partial charge in [-0.2, -0.15) is 0 Å². The fraction of sp³-hybridized carbons (Fsp3) is 0.933. The summed E-state index contributed by atoms with van der Waals surface area (Å²) in [6.45, 7) is 4.77. The standard InChI is InChI=1S/C60H116O17P2/c1-5-9-13-17-21-23-24-25-26-27-28-29-31-35-39-43-47-60(65)77-56(51-71-58(63)45-41-37-34-30-22-18-14-10-6-2)53-75-79(68,69)73-49-54(61)48-72-78(66,67)74-52-55(76-59(64)46-42-38-33-20-16-12-8-4)50-70-57(62)44-40-36-32-19-15-11-7-3/h54-56,61H,5-53H2,1-4H3,(H,66,67)(H,68,69)/t54-,55+,56+/m0/s1. The van der Waals surface area contributed by atoms with Crippen LogP contribution >= 0.6 is 15.6 Å². The summed E-state index contributed by atoms with van der Waals surface area (Å²) in [7, 11) is -9.86. The minimum absolute atomic E-state index is 0.104. The first-order chi connectivity index (χ1) is 38.2. The molecule has 79 heavy (non-hydrogen) atoms. The first kappa shape index (κ1) is 77.1. The lowest BCUT2D eigenvalue weighted by atomic mass is 10.0. The lowest BCUT2D eigenvalue weighted by molar-refractivity contribution is -0.161. The number of ether oxygens (including phenoxy) is 4. The molecule has 17 nitrogen and oxygen atoms in total. The van der Waals surface area contributed by atoms with E-state index in [9.17, 15) is 43.2 Å². The Labute approximate surface area is 479 Å². The monoisotopic (exact) mass is 1170 g/mol. The molecule has 0 spiro atoms. The average Bonchev–Trinajstić information content (AvgIpc) is 3.42. The van der Waals surface area contributed by atoms with Gasteiger partial charge in [0.1, 0.15) is 19.3 Å². The van der Waals surface area contributed by atoms with Crippen molar-refractivity contribution in [3.63, 3.8) is 0 Å². The third kappa shape index (κ3) is 55.0. The molecule has 0 aromatic carbocycles. The van der Waals surface area contributed by atoms with Crippen LogP contribution in [0.1, 0.15) is 304 Å². The second-order valence-electron chi connectivity index (χ2n) is 21.7. The number of esters is 4. The molecule has 0 fully saturated rings. The molecule has 0 saturated carbocycles. The Balaban J connectivity index is 5.14. The van der Waals surface area contributed by atoms with Crippen LogP contribution in [0, 0.1) is 0 Å². The molecule has 0 aliphatic carbocycles. The highest BCUT2D eigenvalue weighted by molar-refractivity contribution is 7.47. The number of hydrogen-bond acceptors (Lipinski definition) is 15. The van der Waals surface area contributed by atoms with E-state index >= 15 is 0 Å². The average molecular weight is 1170 g/mol. The molecule has 0 saturated heterocycles. The molecule has 2 unspecified atom stereocenters. The van der Waals surface area contributed by atoms with Crippen LogP contribution in [0.3, 0.4) is 0 Å². The van der Waals surface area contributed by atoms with Crippen molar-refractivity contribution in [3.05, 3.63) is 0 Å². The molecule has 0 aliphatic heterocycles. The highest BCUT2D eigenvalue weighted by Gasteiger charge is 2.30. The van der Waals surface area contributed by atoms with Crippen LogP contribution in [0.15, 0.2) is 0 Å². The number of hydrogen-bond donors (Lipinski definition) is 3. The second kappa shape index (κ2) is 55.3. The van der Waals surface area contributed by atoms with Gasteiger partial charge in [0.15, 0.2) is 12.2 Å². The Morgan fingerprint density at radius 1 is 0.304 bits per heavy atom. The number of phosphoric acid groups is 2. The Kier molecular flexibility index (Phi) is 53.9. The number of aliphatic hydroxyl groups excluding tert-OH is 1.